The number of hydrogen-bond acceptors (Lipinski definition) is 6. The maximum atomic E-state index is 6.48. The maximum absolute atomic E-state index is 6.48. The van der Waals surface area contributed by atoms with Gasteiger partial charge in [0.25, 0.3) is 0 Å². The van der Waals surface area contributed by atoms with E-state index in [1.807, 2.05) is 0 Å². The predicted molar refractivity (Wildman–Crippen MR) is 126 cm³/mol. The molecule has 0 aliphatic carbocycles. The van der Waals surface area contributed by atoms with Gasteiger partial charge in [-0.15, -0.1) is 0 Å². The van der Waals surface area contributed by atoms with Crippen molar-refractivity contribution in [1.29, 1.82) is 0 Å². The van der Waals surface area contributed by atoms with Gasteiger partial charge in [0.1, 0.15) is 14.0 Å². The second-order valence-corrected chi connectivity index (χ2v) is 10.9. The molecule has 2 bridgehead atoms. The lowest BCUT2D eigenvalue weighted by atomic mass is 9.44. The van der Waals surface area contributed by atoms with E-state index in [0.717, 1.165) is 27.4 Å². The van der Waals surface area contributed by atoms with Gasteiger partial charge in [0.05, 0.1) is 36.6 Å². The van der Waals surface area contributed by atoms with Gasteiger partial charge in [0, 0.05) is 31.0 Å². The molecule has 172 valence electrons. The van der Waals surface area contributed by atoms with Gasteiger partial charge in [0.15, 0.2) is 14.6 Å². The molecule has 0 N–H and O–H groups in total. The number of fused-ring (bicyclic) bond motifs is 5. The molecule has 0 aromatic heterocycles. The molecule has 2 saturated heterocycles. The Bertz CT molecular complexity index is 483. The highest BCUT2D eigenvalue weighted by Gasteiger charge is 2.32. The van der Waals surface area contributed by atoms with E-state index < -0.39 is 5.60 Å². The smallest absolute Gasteiger partial charge is 0.182 e. The average Bonchev–Trinajstić information content (AvgIpc) is 2.60. The van der Waals surface area contributed by atoms with Crippen LogP contribution in [-0.2, 0) is 28.4 Å². The minimum Gasteiger partial charge on any atom is -0.395 e. The van der Waals surface area contributed by atoms with Crippen molar-refractivity contribution in [2.24, 2.45) is 0 Å². The molecule has 2 aliphatic heterocycles. The molecule has 6 nitrogen and oxygen atoms in total. The van der Waals surface area contributed by atoms with Crippen molar-refractivity contribution in [3.05, 3.63) is 0 Å². The minimum atomic E-state index is -0.452. The normalized spacial score (nSPS) is 36.2. The van der Waals surface area contributed by atoms with E-state index in [-0.39, 0.29) is 35.1 Å². The maximum Gasteiger partial charge on any atom is 0.182 e. The van der Waals surface area contributed by atoms with E-state index in [0.29, 0.717) is 33.0 Å². The second-order valence-electron chi connectivity index (χ2n) is 10.9. The van der Waals surface area contributed by atoms with E-state index in [2.05, 4.69) is 56.3 Å². The van der Waals surface area contributed by atoms with Gasteiger partial charge < -0.3 is 28.4 Å². The first kappa shape index (κ1) is 26.2. The van der Waals surface area contributed by atoms with Crippen molar-refractivity contribution in [2.75, 3.05) is 33.0 Å². The molecule has 0 aromatic carbocycles. The van der Waals surface area contributed by atoms with Gasteiger partial charge in [0.2, 0.25) is 0 Å². The lowest BCUT2D eigenvalue weighted by molar-refractivity contribution is -0.183. The third-order valence-corrected chi connectivity index (χ3v) is 5.87. The van der Waals surface area contributed by atoms with Crippen LogP contribution in [0.4, 0.5) is 0 Å². The van der Waals surface area contributed by atoms with Crippen LogP contribution >= 0.6 is 0 Å². The summed E-state index contributed by atoms with van der Waals surface area (Å²) in [7, 11) is 3.80. The molecule has 2 heterocycles. The number of ether oxygens (including phenoxy) is 6. The molecule has 2 aliphatic rings. The van der Waals surface area contributed by atoms with Crippen molar-refractivity contribution >= 4 is 22.4 Å². The molecule has 2 rings (SSSR count). The van der Waals surface area contributed by atoms with Gasteiger partial charge in [-0.05, 0) is 61.3 Å². The fourth-order valence-electron chi connectivity index (χ4n) is 3.82. The zero-order valence-electron chi connectivity index (χ0n) is 20.6. The monoisotopic (exact) mass is 424 g/mol. The molecule has 0 aromatic rings. The Balaban J connectivity index is 2.26. The van der Waals surface area contributed by atoms with Gasteiger partial charge in [-0.25, -0.2) is 0 Å². The molecule has 0 radical (unpaired) electrons. The average molecular weight is 424 g/mol. The molecule has 9 heteroatoms. The Hall–Kier alpha value is -0.0452. The third-order valence-electron chi connectivity index (χ3n) is 5.87. The lowest BCUT2D eigenvalue weighted by Gasteiger charge is -2.37. The quantitative estimate of drug-likeness (QED) is 0.542. The zero-order valence-corrected chi connectivity index (χ0v) is 20.6. The van der Waals surface area contributed by atoms with Gasteiger partial charge >= 0.3 is 0 Å². The summed E-state index contributed by atoms with van der Waals surface area (Å²) >= 11 is 0. The largest absolute Gasteiger partial charge is 0.395 e. The van der Waals surface area contributed by atoms with Crippen LogP contribution in [0.25, 0.3) is 0 Å². The molecule has 0 amide bonds. The highest BCUT2D eigenvalue weighted by atomic mass is 16.6. The Labute approximate surface area is 186 Å². The predicted octanol–water partition coefficient (Wildman–Crippen LogP) is 1.02. The summed E-state index contributed by atoms with van der Waals surface area (Å²) in [5, 5.41) is 0. The Kier molecular flexibility index (Phi) is 9.78. The van der Waals surface area contributed by atoms with Crippen LogP contribution in [0.3, 0.4) is 0 Å². The van der Waals surface area contributed by atoms with Crippen molar-refractivity contribution in [2.45, 2.75) is 102 Å². The summed E-state index contributed by atoms with van der Waals surface area (Å²) in [5.41, 5.74) is -1.02. The van der Waals surface area contributed by atoms with E-state index in [4.69, 9.17) is 28.4 Å². The summed E-state index contributed by atoms with van der Waals surface area (Å²) in [6.07, 6.45) is 1.47. The molecular weight excluding hydrogens is 381 g/mol. The topological polar surface area (TPSA) is 55.4 Å². The van der Waals surface area contributed by atoms with E-state index >= 15 is 0 Å². The Morgan fingerprint density at radius 2 is 1.33 bits per heavy atom. The number of rotatable bonds is 0. The Morgan fingerprint density at radius 1 is 0.767 bits per heavy atom. The van der Waals surface area contributed by atoms with Gasteiger partial charge in [-0.3, -0.25) is 0 Å². The summed E-state index contributed by atoms with van der Waals surface area (Å²) in [6, 6.07) is 0.115. The molecule has 2 fully saturated rings. The van der Waals surface area contributed by atoms with E-state index in [9.17, 15) is 0 Å². The summed E-state index contributed by atoms with van der Waals surface area (Å²) in [5.74, 6) is 0.180. The minimum absolute atomic E-state index is 0.0655. The first-order chi connectivity index (χ1) is 13.9. The highest BCUT2D eigenvalue weighted by molar-refractivity contribution is 6.64. The van der Waals surface area contributed by atoms with Gasteiger partial charge in [-0.2, -0.15) is 0 Å². The first-order valence-corrected chi connectivity index (χ1v) is 11.7. The zero-order chi connectivity index (χ0) is 22.4. The fourth-order valence-corrected chi connectivity index (χ4v) is 3.82. The lowest BCUT2D eigenvalue weighted by Crippen LogP contribution is -2.48. The van der Waals surface area contributed by atoms with Gasteiger partial charge in [-0.1, -0.05) is 0 Å². The number of hydrogen-bond donors (Lipinski definition) is 0. The van der Waals surface area contributed by atoms with Crippen molar-refractivity contribution in [3.8, 4) is 0 Å². The van der Waals surface area contributed by atoms with Crippen LogP contribution in [0.1, 0.15) is 61.3 Å². The van der Waals surface area contributed by atoms with Crippen molar-refractivity contribution in [1.82, 2.24) is 0 Å². The highest BCUT2D eigenvalue weighted by Crippen LogP contribution is 2.23. The van der Waals surface area contributed by atoms with Crippen LogP contribution in [0.5, 0.6) is 0 Å². The summed E-state index contributed by atoms with van der Waals surface area (Å²) < 4.78 is 37.5. The Morgan fingerprint density at radius 3 is 1.93 bits per heavy atom. The molecular formula is C21H43B3O6. The molecule has 0 spiro atoms. The van der Waals surface area contributed by atoms with Crippen molar-refractivity contribution in [3.63, 3.8) is 0 Å². The van der Waals surface area contributed by atoms with Crippen LogP contribution < -0.4 is 0 Å². The standard InChI is InChI=1S/C21H43B3O6/c1-15-23-18-24-17(22)26-11-9-20(4,5)29-13-16(30-21(6,7)14-27-18)12-28-19(2,3)8-10-25-15/h15-18,23-24H,8-14,22H2,1-7H3. The second kappa shape index (κ2) is 11.2. The van der Waals surface area contributed by atoms with Crippen LogP contribution in [-0.4, -0.2) is 96.2 Å². The SMILES string of the molecule is BC1BC2BC(C)OCCC(C)(C)OCC(COC(C)(C)CCO1)OC(C)(C)CO2. The third kappa shape index (κ3) is 10.1. The molecule has 4 atom stereocenters. The van der Waals surface area contributed by atoms with Crippen LogP contribution in [0.2, 0.25) is 0 Å². The summed E-state index contributed by atoms with van der Waals surface area (Å²) in [6.45, 7) is 17.5. The molecule has 0 saturated carbocycles. The van der Waals surface area contributed by atoms with Crippen molar-refractivity contribution < 1.29 is 28.4 Å². The summed E-state index contributed by atoms with van der Waals surface area (Å²) in [4.78, 5) is 0. The molecule has 4 unspecified atom stereocenters. The van der Waals surface area contributed by atoms with Crippen LogP contribution in [0.15, 0.2) is 0 Å². The van der Waals surface area contributed by atoms with E-state index in [1.54, 1.807) is 0 Å². The molecule has 30 heavy (non-hydrogen) atoms. The van der Waals surface area contributed by atoms with Crippen LogP contribution in [0, 0.1) is 0 Å². The fraction of sp³-hybridized carbons (Fsp3) is 1.00. The van der Waals surface area contributed by atoms with E-state index in [1.165, 1.54) is 0 Å². The first-order valence-electron chi connectivity index (χ1n) is 11.7.